The molecule has 0 radical (unpaired) electrons. The van der Waals surface area contributed by atoms with Gasteiger partial charge in [-0.1, -0.05) is 23.4 Å². The van der Waals surface area contributed by atoms with Crippen LogP contribution in [-0.4, -0.2) is 35.0 Å². The summed E-state index contributed by atoms with van der Waals surface area (Å²) in [5, 5.41) is 2.37. The van der Waals surface area contributed by atoms with E-state index in [2.05, 4.69) is 15.3 Å². The highest BCUT2D eigenvalue weighted by Crippen LogP contribution is 2.45. The van der Waals surface area contributed by atoms with Crippen molar-refractivity contribution in [3.8, 4) is 0 Å². The van der Waals surface area contributed by atoms with Gasteiger partial charge in [-0.3, -0.25) is 4.79 Å². The van der Waals surface area contributed by atoms with Gasteiger partial charge in [0.25, 0.3) is 5.91 Å². The largest absolute Gasteiger partial charge is 0.417 e. The number of benzene rings is 1. The van der Waals surface area contributed by atoms with E-state index < -0.39 is 34.0 Å². The zero-order valence-electron chi connectivity index (χ0n) is 16.4. The van der Waals surface area contributed by atoms with Crippen molar-refractivity contribution >= 4 is 40.1 Å². The Labute approximate surface area is 189 Å². The minimum atomic E-state index is -4.64. The number of ether oxygens (including phenoxy) is 1. The molecule has 3 N–H and O–H groups in total. The number of amides is 1. The number of alkyl halides is 3. The highest BCUT2D eigenvalue weighted by Gasteiger charge is 2.47. The molecule has 2 unspecified atom stereocenters. The van der Waals surface area contributed by atoms with Crippen molar-refractivity contribution in [1.29, 1.82) is 0 Å². The number of amidine groups is 1. The Balaban J connectivity index is 1.65. The zero-order valence-corrected chi connectivity index (χ0v) is 18.0. The summed E-state index contributed by atoms with van der Waals surface area (Å²) >= 11 is 7.24. The van der Waals surface area contributed by atoms with Crippen molar-refractivity contribution in [3.05, 3.63) is 58.1 Å². The Kier molecular flexibility index (Phi) is 6.08. The second-order valence-corrected chi connectivity index (χ2v) is 8.87. The fraction of sp³-hybridized carbons (Fsp3) is 0.350. The van der Waals surface area contributed by atoms with Crippen LogP contribution < -0.4 is 11.1 Å². The number of carbonyl (C=O) groups is 1. The maximum absolute atomic E-state index is 14.9. The standard InChI is InChI=1S/C20H17ClF4N4O2S/c21-14-5-11(20(23,24)25)7-27-16(14)17(30)28-12-1-2-15(22)13(6-12)19-9-31-4-3-10(19)8-32-18(26)29-19/h1-2,5-7,10H,3-4,8-9H2,(H2,26,29)(H,28,30). The van der Waals surface area contributed by atoms with Crippen LogP contribution in [0.1, 0.15) is 28.0 Å². The Morgan fingerprint density at radius 3 is 2.84 bits per heavy atom. The van der Waals surface area contributed by atoms with Gasteiger partial charge in [-0.15, -0.1) is 0 Å². The van der Waals surface area contributed by atoms with Gasteiger partial charge < -0.3 is 15.8 Å². The van der Waals surface area contributed by atoms with Gasteiger partial charge in [0.1, 0.15) is 17.1 Å². The third kappa shape index (κ3) is 4.28. The molecule has 2 aliphatic rings. The number of aliphatic imine (C=N–C) groups is 1. The van der Waals surface area contributed by atoms with Gasteiger partial charge in [-0.05, 0) is 30.7 Å². The second-order valence-electron chi connectivity index (χ2n) is 7.42. The third-order valence-corrected chi connectivity index (χ3v) is 6.67. The lowest BCUT2D eigenvalue weighted by Gasteiger charge is -2.43. The Hall–Kier alpha value is -2.37. The lowest BCUT2D eigenvalue weighted by molar-refractivity contribution is -0.137. The quantitative estimate of drug-likeness (QED) is 0.623. The van der Waals surface area contributed by atoms with Gasteiger partial charge in [-0.25, -0.2) is 14.4 Å². The van der Waals surface area contributed by atoms with Crippen molar-refractivity contribution in [1.82, 2.24) is 4.98 Å². The fourth-order valence-corrected chi connectivity index (χ4v) is 5.11. The Morgan fingerprint density at radius 1 is 1.34 bits per heavy atom. The zero-order chi connectivity index (χ0) is 23.1. The number of nitrogens with one attached hydrogen (secondary N) is 1. The smallest absolute Gasteiger partial charge is 0.379 e. The van der Waals surface area contributed by atoms with Crippen LogP contribution in [0.2, 0.25) is 5.02 Å². The summed E-state index contributed by atoms with van der Waals surface area (Å²) in [6.07, 6.45) is -3.45. The van der Waals surface area contributed by atoms with Crippen molar-refractivity contribution < 1.29 is 27.1 Å². The van der Waals surface area contributed by atoms with Gasteiger partial charge in [0.2, 0.25) is 0 Å². The minimum absolute atomic E-state index is 0.0139. The molecule has 4 rings (SSSR count). The first-order valence-corrected chi connectivity index (χ1v) is 10.9. The van der Waals surface area contributed by atoms with Crippen molar-refractivity contribution in [2.75, 3.05) is 24.3 Å². The van der Waals surface area contributed by atoms with Crippen LogP contribution in [0.25, 0.3) is 0 Å². The maximum atomic E-state index is 14.9. The highest BCUT2D eigenvalue weighted by atomic mass is 35.5. The highest BCUT2D eigenvalue weighted by molar-refractivity contribution is 8.13. The topological polar surface area (TPSA) is 89.6 Å². The number of hydrogen-bond donors (Lipinski definition) is 2. The number of nitrogens with two attached hydrogens (primary N) is 1. The molecule has 1 aromatic carbocycles. The average Bonchev–Trinajstić information content (AvgIpc) is 2.74. The SMILES string of the molecule is NC1=NC2(c3cc(NC(=O)c4ncc(C(F)(F)F)cc4Cl)ccc3F)COCCC2CS1. The Bertz CT molecular complexity index is 1100. The molecule has 0 aliphatic carbocycles. The molecule has 2 aromatic rings. The van der Waals surface area contributed by atoms with Gasteiger partial charge in [0.05, 0.1) is 17.2 Å². The number of anilines is 1. The van der Waals surface area contributed by atoms with Crippen molar-refractivity contribution in [2.24, 2.45) is 16.6 Å². The van der Waals surface area contributed by atoms with E-state index in [1.165, 1.54) is 30.0 Å². The normalized spacial score (nSPS) is 23.3. The molecule has 2 atom stereocenters. The number of aromatic nitrogens is 1. The van der Waals surface area contributed by atoms with Crippen LogP contribution in [0.3, 0.4) is 0 Å². The predicted octanol–water partition coefficient (Wildman–Crippen LogP) is 4.44. The number of nitrogens with zero attached hydrogens (tertiary/aromatic N) is 2. The van der Waals surface area contributed by atoms with E-state index >= 15 is 0 Å². The first-order valence-electron chi connectivity index (χ1n) is 9.50. The molecule has 1 saturated heterocycles. The van der Waals surface area contributed by atoms with Crippen LogP contribution in [-0.2, 0) is 16.5 Å². The summed E-state index contributed by atoms with van der Waals surface area (Å²) in [5.74, 6) is -0.732. The molecular formula is C20H17ClF4N4O2S. The average molecular weight is 489 g/mol. The molecule has 3 heterocycles. The molecule has 0 bridgehead atoms. The van der Waals surface area contributed by atoms with Crippen LogP contribution >= 0.6 is 23.4 Å². The van der Waals surface area contributed by atoms with Crippen molar-refractivity contribution in [2.45, 2.75) is 18.1 Å². The summed E-state index contributed by atoms with van der Waals surface area (Å²) in [5.41, 5.74) is 3.86. The third-order valence-electron chi connectivity index (χ3n) is 5.42. The monoisotopic (exact) mass is 488 g/mol. The van der Waals surface area contributed by atoms with E-state index in [4.69, 9.17) is 22.1 Å². The number of halogens is 5. The lowest BCUT2D eigenvalue weighted by atomic mass is 9.76. The summed E-state index contributed by atoms with van der Waals surface area (Å²) in [4.78, 5) is 20.7. The summed E-state index contributed by atoms with van der Waals surface area (Å²) in [7, 11) is 0. The van der Waals surface area contributed by atoms with E-state index in [9.17, 15) is 22.4 Å². The summed E-state index contributed by atoms with van der Waals surface area (Å²) in [6.45, 7) is 0.665. The number of hydrogen-bond acceptors (Lipinski definition) is 6. The van der Waals surface area contributed by atoms with E-state index in [0.29, 0.717) is 36.2 Å². The van der Waals surface area contributed by atoms with E-state index in [1.54, 1.807) is 0 Å². The molecule has 1 fully saturated rings. The summed E-state index contributed by atoms with van der Waals surface area (Å²) < 4.78 is 58.9. The predicted molar refractivity (Wildman–Crippen MR) is 113 cm³/mol. The number of pyridine rings is 1. The van der Waals surface area contributed by atoms with E-state index in [1.807, 2.05) is 0 Å². The lowest BCUT2D eigenvalue weighted by Crippen LogP contribution is -2.48. The maximum Gasteiger partial charge on any atom is 0.417 e. The molecule has 0 spiro atoms. The summed E-state index contributed by atoms with van der Waals surface area (Å²) in [6, 6.07) is 4.56. The number of rotatable bonds is 3. The molecule has 6 nitrogen and oxygen atoms in total. The van der Waals surface area contributed by atoms with Crippen LogP contribution in [0.5, 0.6) is 0 Å². The van der Waals surface area contributed by atoms with Gasteiger partial charge in [0, 0.05) is 35.7 Å². The van der Waals surface area contributed by atoms with Crippen LogP contribution in [0.4, 0.5) is 23.2 Å². The van der Waals surface area contributed by atoms with Gasteiger partial charge in [0.15, 0.2) is 5.17 Å². The molecule has 0 saturated carbocycles. The number of fused-ring (bicyclic) bond motifs is 1. The van der Waals surface area contributed by atoms with Crippen LogP contribution in [0, 0.1) is 11.7 Å². The minimum Gasteiger partial charge on any atom is -0.379 e. The molecule has 2 aliphatic heterocycles. The molecular weight excluding hydrogens is 472 g/mol. The first kappa shape index (κ1) is 22.8. The molecule has 12 heteroatoms. The molecule has 32 heavy (non-hydrogen) atoms. The number of carbonyl (C=O) groups excluding carboxylic acids is 1. The second kappa shape index (κ2) is 8.53. The van der Waals surface area contributed by atoms with E-state index in [0.717, 1.165) is 0 Å². The first-order chi connectivity index (χ1) is 15.1. The molecule has 1 aromatic heterocycles. The van der Waals surface area contributed by atoms with Gasteiger partial charge in [-0.2, -0.15) is 13.2 Å². The number of thioether (sulfide) groups is 1. The molecule has 170 valence electrons. The van der Waals surface area contributed by atoms with E-state index in [-0.39, 0.29) is 29.5 Å². The van der Waals surface area contributed by atoms with Crippen molar-refractivity contribution in [3.63, 3.8) is 0 Å². The fourth-order valence-electron chi connectivity index (χ4n) is 3.81. The molecule has 1 amide bonds. The van der Waals surface area contributed by atoms with Crippen LogP contribution in [0.15, 0.2) is 35.5 Å². The van der Waals surface area contributed by atoms with Gasteiger partial charge >= 0.3 is 6.18 Å². The Morgan fingerprint density at radius 2 is 2.12 bits per heavy atom.